The van der Waals surface area contributed by atoms with Crippen LogP contribution >= 0.6 is 0 Å². The third-order valence-corrected chi connectivity index (χ3v) is 7.25. The molecule has 7 heteroatoms. The number of piperidine rings is 1. The zero-order valence-corrected chi connectivity index (χ0v) is 16.9. The van der Waals surface area contributed by atoms with Gasteiger partial charge in [-0.05, 0) is 66.7 Å². The van der Waals surface area contributed by atoms with E-state index in [0.717, 1.165) is 37.0 Å². The van der Waals surface area contributed by atoms with Crippen LogP contribution in [0.5, 0.6) is 0 Å². The van der Waals surface area contributed by atoms with E-state index >= 15 is 0 Å². The van der Waals surface area contributed by atoms with Gasteiger partial charge in [0.1, 0.15) is 17.2 Å². The van der Waals surface area contributed by atoms with Crippen molar-refractivity contribution in [1.82, 2.24) is 4.90 Å². The summed E-state index contributed by atoms with van der Waals surface area (Å²) in [6.45, 7) is 1.31. The molecule has 2 aromatic carbocycles. The van der Waals surface area contributed by atoms with Crippen LogP contribution in [0.25, 0.3) is 11.1 Å². The first-order chi connectivity index (χ1) is 14.7. The molecule has 1 amide bonds. The van der Waals surface area contributed by atoms with Crippen molar-refractivity contribution in [3.63, 3.8) is 0 Å². The van der Waals surface area contributed by atoms with Crippen LogP contribution in [-0.4, -0.2) is 45.7 Å². The van der Waals surface area contributed by atoms with Gasteiger partial charge in [-0.15, -0.1) is 0 Å². The quantitative estimate of drug-likeness (QED) is 0.775. The minimum absolute atomic E-state index is 0.137. The Balaban J connectivity index is 1.28. The maximum Gasteiger partial charge on any atom is 0.335 e. The van der Waals surface area contributed by atoms with Crippen molar-refractivity contribution in [1.29, 1.82) is 0 Å². The van der Waals surface area contributed by atoms with E-state index in [1.807, 2.05) is 12.1 Å². The SMILES string of the molecule is O=C(O)c1cc(F)c(-c2ccc([C@H]3CC34CCN(C(=O)C3(O)CC3)CC4)cc2)c(F)c1. The molecule has 162 valence electrons. The highest BCUT2D eigenvalue weighted by Gasteiger charge is 2.57. The summed E-state index contributed by atoms with van der Waals surface area (Å²) in [6.07, 6.45) is 3.92. The molecule has 1 atom stereocenters. The number of carboxylic acid groups (broad SMARTS) is 1. The standard InChI is InChI=1S/C24H23F2NO4/c25-18-11-16(21(28)29)12-19(26)20(18)15-3-1-14(2-4-15)17-13-23(17)7-9-27(10-8-23)22(30)24(31)5-6-24/h1-4,11-12,17,31H,5-10,13H2,(H,28,29)/t17-/m1/s1. The number of benzene rings is 2. The minimum atomic E-state index is -1.38. The summed E-state index contributed by atoms with van der Waals surface area (Å²) in [5, 5.41) is 19.0. The van der Waals surface area contributed by atoms with Gasteiger partial charge in [0.05, 0.1) is 11.1 Å². The average Bonchev–Trinajstić information content (AvgIpc) is 3.66. The van der Waals surface area contributed by atoms with Crippen LogP contribution < -0.4 is 0 Å². The molecule has 2 N–H and O–H groups in total. The fourth-order valence-corrected chi connectivity index (χ4v) is 5.01. The number of aromatic carboxylic acids is 1. The van der Waals surface area contributed by atoms with E-state index in [1.54, 1.807) is 17.0 Å². The van der Waals surface area contributed by atoms with E-state index in [2.05, 4.69) is 0 Å². The summed E-state index contributed by atoms with van der Waals surface area (Å²) >= 11 is 0. The maximum atomic E-state index is 14.4. The molecule has 0 radical (unpaired) electrons. The molecule has 0 unspecified atom stereocenters. The van der Waals surface area contributed by atoms with Crippen molar-refractivity contribution in [3.05, 3.63) is 59.2 Å². The first-order valence-corrected chi connectivity index (χ1v) is 10.6. The second kappa shape index (κ2) is 6.85. The van der Waals surface area contributed by atoms with Crippen LogP contribution in [0.4, 0.5) is 8.78 Å². The minimum Gasteiger partial charge on any atom is -0.478 e. The van der Waals surface area contributed by atoms with E-state index in [-0.39, 0.29) is 16.9 Å². The number of likely N-dealkylation sites (tertiary alicyclic amines) is 1. The molecule has 5 nitrogen and oxygen atoms in total. The third kappa shape index (κ3) is 3.41. The lowest BCUT2D eigenvalue weighted by atomic mass is 9.88. The maximum absolute atomic E-state index is 14.4. The van der Waals surface area contributed by atoms with E-state index in [1.165, 1.54) is 0 Å². The zero-order valence-electron chi connectivity index (χ0n) is 16.9. The molecule has 31 heavy (non-hydrogen) atoms. The third-order valence-electron chi connectivity index (χ3n) is 7.25. The van der Waals surface area contributed by atoms with Crippen molar-refractivity contribution in [2.24, 2.45) is 5.41 Å². The monoisotopic (exact) mass is 427 g/mol. The summed E-state index contributed by atoms with van der Waals surface area (Å²) in [4.78, 5) is 25.1. The van der Waals surface area contributed by atoms with Crippen LogP contribution in [0.15, 0.2) is 36.4 Å². The van der Waals surface area contributed by atoms with Crippen LogP contribution in [0, 0.1) is 17.0 Å². The fraction of sp³-hybridized carbons (Fsp3) is 0.417. The number of halogens is 2. The molecule has 0 bridgehead atoms. The summed E-state index contributed by atoms with van der Waals surface area (Å²) in [7, 11) is 0. The van der Waals surface area contributed by atoms with Gasteiger partial charge in [-0.25, -0.2) is 13.6 Å². The number of carbonyl (C=O) groups is 2. The number of rotatable bonds is 4. The molecule has 1 saturated heterocycles. The summed E-state index contributed by atoms with van der Waals surface area (Å²) in [5.41, 5.74) is -0.141. The van der Waals surface area contributed by atoms with Crippen LogP contribution in [-0.2, 0) is 4.79 Å². The van der Waals surface area contributed by atoms with E-state index in [0.29, 0.717) is 37.4 Å². The van der Waals surface area contributed by atoms with E-state index in [4.69, 9.17) is 5.11 Å². The lowest BCUT2D eigenvalue weighted by molar-refractivity contribution is -0.144. The van der Waals surface area contributed by atoms with Gasteiger partial charge >= 0.3 is 5.97 Å². The molecule has 3 aliphatic rings. The number of hydrogen-bond donors (Lipinski definition) is 2. The molecule has 5 rings (SSSR count). The molecular weight excluding hydrogens is 404 g/mol. The number of carboxylic acids is 1. The van der Waals surface area contributed by atoms with Crippen LogP contribution in [0.3, 0.4) is 0 Å². The lowest BCUT2D eigenvalue weighted by Crippen LogP contribution is -2.45. The Kier molecular flexibility index (Phi) is 4.45. The number of nitrogens with zero attached hydrogens (tertiary/aromatic N) is 1. The molecule has 1 aliphatic heterocycles. The Morgan fingerprint density at radius 2 is 1.55 bits per heavy atom. The molecule has 1 heterocycles. The van der Waals surface area contributed by atoms with E-state index < -0.39 is 28.8 Å². The Bertz CT molecular complexity index is 1050. The van der Waals surface area contributed by atoms with Gasteiger partial charge in [-0.2, -0.15) is 0 Å². The Morgan fingerprint density at radius 3 is 2.06 bits per heavy atom. The molecule has 2 aliphatic carbocycles. The van der Waals surface area contributed by atoms with Crippen molar-refractivity contribution in [3.8, 4) is 11.1 Å². The average molecular weight is 427 g/mol. The molecule has 2 saturated carbocycles. The molecule has 3 fully saturated rings. The Labute approximate surface area is 178 Å². The zero-order chi connectivity index (χ0) is 22.0. The molecule has 2 aromatic rings. The van der Waals surface area contributed by atoms with Crippen molar-refractivity contribution < 1.29 is 28.6 Å². The van der Waals surface area contributed by atoms with Gasteiger partial charge in [0.2, 0.25) is 0 Å². The highest BCUT2D eigenvalue weighted by Crippen LogP contribution is 2.65. The second-order valence-electron chi connectivity index (χ2n) is 9.18. The second-order valence-corrected chi connectivity index (χ2v) is 9.18. The molecule has 0 aromatic heterocycles. The van der Waals surface area contributed by atoms with Gasteiger partial charge < -0.3 is 15.1 Å². The van der Waals surface area contributed by atoms with Crippen molar-refractivity contribution in [2.75, 3.05) is 13.1 Å². The topological polar surface area (TPSA) is 77.8 Å². The molecule has 1 spiro atoms. The first kappa shape index (κ1) is 20.1. The largest absolute Gasteiger partial charge is 0.478 e. The predicted molar refractivity (Wildman–Crippen MR) is 109 cm³/mol. The lowest BCUT2D eigenvalue weighted by Gasteiger charge is -2.34. The predicted octanol–water partition coefficient (Wildman–Crippen LogP) is 3.95. The summed E-state index contributed by atoms with van der Waals surface area (Å²) in [5.74, 6) is -2.96. The Hall–Kier alpha value is -2.80. The van der Waals surface area contributed by atoms with Gasteiger partial charge in [0.25, 0.3) is 5.91 Å². The van der Waals surface area contributed by atoms with Gasteiger partial charge in [0.15, 0.2) is 0 Å². The molecular formula is C24H23F2NO4. The van der Waals surface area contributed by atoms with E-state index in [9.17, 15) is 23.5 Å². The number of amides is 1. The first-order valence-electron chi connectivity index (χ1n) is 10.6. The van der Waals surface area contributed by atoms with Crippen molar-refractivity contribution in [2.45, 2.75) is 43.6 Å². The number of aliphatic hydroxyl groups is 1. The summed E-state index contributed by atoms with van der Waals surface area (Å²) in [6, 6.07) is 8.76. The fourth-order valence-electron chi connectivity index (χ4n) is 5.01. The van der Waals surface area contributed by atoms with Gasteiger partial charge in [-0.1, -0.05) is 24.3 Å². The van der Waals surface area contributed by atoms with Crippen LogP contribution in [0.1, 0.15) is 53.9 Å². The highest BCUT2D eigenvalue weighted by atomic mass is 19.1. The highest BCUT2D eigenvalue weighted by molar-refractivity contribution is 5.89. The Morgan fingerprint density at radius 1 is 0.968 bits per heavy atom. The smallest absolute Gasteiger partial charge is 0.335 e. The van der Waals surface area contributed by atoms with Gasteiger partial charge in [-0.3, -0.25) is 4.79 Å². The number of hydrogen-bond acceptors (Lipinski definition) is 3. The summed E-state index contributed by atoms with van der Waals surface area (Å²) < 4.78 is 28.7. The normalized spacial score (nSPS) is 22.9. The van der Waals surface area contributed by atoms with Crippen molar-refractivity contribution >= 4 is 11.9 Å². The van der Waals surface area contributed by atoms with Crippen LogP contribution in [0.2, 0.25) is 0 Å². The van der Waals surface area contributed by atoms with Gasteiger partial charge in [0, 0.05) is 13.1 Å². The number of carbonyl (C=O) groups excluding carboxylic acids is 1.